The van der Waals surface area contributed by atoms with E-state index in [1.807, 2.05) is 12.3 Å². The van der Waals surface area contributed by atoms with E-state index in [2.05, 4.69) is 15.9 Å². The van der Waals surface area contributed by atoms with E-state index in [1.165, 1.54) is 0 Å². The second kappa shape index (κ2) is 3.27. The van der Waals surface area contributed by atoms with Crippen molar-refractivity contribution < 1.29 is 0 Å². The molecule has 0 aliphatic carbocycles. The fraction of sp³-hybridized carbons (Fsp3) is 0.250. The van der Waals surface area contributed by atoms with Crippen molar-refractivity contribution in [3.63, 3.8) is 0 Å². The van der Waals surface area contributed by atoms with Gasteiger partial charge in [0.2, 0.25) is 0 Å². The largest absolute Gasteiger partial charge is 0.389 e. The van der Waals surface area contributed by atoms with Gasteiger partial charge in [-0.1, -0.05) is 0 Å². The minimum absolute atomic E-state index is 1.66. The number of nitrogens with zero attached hydrogens (tertiary/aromatic N) is 2. The number of hydrogen-bond acceptors (Lipinski definition) is 3. The summed E-state index contributed by atoms with van der Waals surface area (Å²) in [6.45, 7) is 0. The van der Waals surface area contributed by atoms with E-state index in [0.29, 0.717) is 0 Å². The number of aromatic nitrogens is 2. The quantitative estimate of drug-likeness (QED) is 0.399. The van der Waals surface area contributed by atoms with E-state index in [0.717, 1.165) is 0 Å². The van der Waals surface area contributed by atoms with E-state index in [-0.39, 0.29) is 0 Å². The van der Waals surface area contributed by atoms with Crippen LogP contribution in [0.4, 0.5) is 0 Å². The van der Waals surface area contributed by atoms with Gasteiger partial charge in [-0.15, -0.1) is 0 Å². The van der Waals surface area contributed by atoms with Crippen LogP contribution in [0.5, 0.6) is 0 Å². The van der Waals surface area contributed by atoms with Crippen molar-refractivity contribution in [1.82, 2.24) is 20.5 Å². The molecule has 1 aromatic heterocycles. The summed E-state index contributed by atoms with van der Waals surface area (Å²) in [7, 11) is 3.50. The molecule has 0 aliphatic heterocycles. The van der Waals surface area contributed by atoms with E-state index >= 15 is 0 Å². The summed E-state index contributed by atoms with van der Waals surface area (Å²) in [6, 6.07) is 1.86. The van der Waals surface area contributed by atoms with E-state index in [4.69, 9.17) is 0 Å². The highest BCUT2D eigenvalue weighted by atomic mass is 15.4. The van der Waals surface area contributed by atoms with Crippen LogP contribution in [0.2, 0.25) is 0 Å². The van der Waals surface area contributed by atoms with E-state index in [1.54, 1.807) is 25.4 Å². The number of rotatable bonds is 3. The van der Waals surface area contributed by atoms with Gasteiger partial charge in [0.05, 0.1) is 0 Å². The second-order valence-electron chi connectivity index (χ2n) is 1.51. The van der Waals surface area contributed by atoms with Crippen LogP contribution in [0.25, 0.3) is 0 Å². The smallest absolute Gasteiger partial charge is 0.300 e. The maximum Gasteiger partial charge on any atom is 0.389 e. The summed E-state index contributed by atoms with van der Waals surface area (Å²) >= 11 is 0. The highest BCUT2D eigenvalue weighted by Gasteiger charge is 1.89. The minimum Gasteiger partial charge on any atom is -0.300 e. The number of nitrogens with one attached hydrogen (secondary N) is 2. The molecule has 0 atom stereocenters. The summed E-state index contributed by atoms with van der Waals surface area (Å²) in [5, 5.41) is 6.69. The van der Waals surface area contributed by atoms with Gasteiger partial charge in [-0.25, -0.2) is 0 Å². The summed E-state index contributed by atoms with van der Waals surface area (Å²) in [5.74, 6) is 0. The normalized spacial score (nSPS) is 9.44. The fourth-order valence-corrected chi connectivity index (χ4v) is 0.488. The Kier molecular flexibility index (Phi) is 2.29. The van der Waals surface area contributed by atoms with Crippen molar-refractivity contribution >= 4 is 7.55 Å². The van der Waals surface area contributed by atoms with Gasteiger partial charge in [0, 0.05) is 12.4 Å². The van der Waals surface area contributed by atoms with Gasteiger partial charge in [0.1, 0.15) is 0 Å². The molecule has 4 nitrogen and oxygen atoms in total. The first kappa shape index (κ1) is 6.32. The highest BCUT2D eigenvalue weighted by Crippen LogP contribution is 1.75. The van der Waals surface area contributed by atoms with Crippen molar-refractivity contribution in [2.75, 3.05) is 7.05 Å². The summed E-state index contributed by atoms with van der Waals surface area (Å²) in [6.07, 6.45) is 3.55. The standard InChI is InChI=1S/C4H8BN4/c1-6-8-5-9-4-2-3-7-9/h2-4,6,8H,1H3. The van der Waals surface area contributed by atoms with Crippen LogP contribution in [-0.2, 0) is 0 Å². The Morgan fingerprint density at radius 3 is 3.11 bits per heavy atom. The third-order valence-electron chi connectivity index (χ3n) is 0.866. The van der Waals surface area contributed by atoms with Crippen LogP contribution in [0.15, 0.2) is 18.5 Å². The number of hydrazine groups is 1. The Labute approximate surface area is 54.5 Å². The van der Waals surface area contributed by atoms with Crippen molar-refractivity contribution in [2.45, 2.75) is 0 Å². The molecule has 0 saturated heterocycles. The zero-order valence-electron chi connectivity index (χ0n) is 5.20. The molecular formula is C4H8BN4. The molecule has 1 radical (unpaired) electrons. The van der Waals surface area contributed by atoms with Gasteiger partial charge in [0.15, 0.2) is 0 Å². The molecule has 1 heterocycles. The van der Waals surface area contributed by atoms with Crippen LogP contribution >= 0.6 is 0 Å². The van der Waals surface area contributed by atoms with E-state index in [9.17, 15) is 0 Å². The minimum atomic E-state index is 1.66. The van der Waals surface area contributed by atoms with Gasteiger partial charge in [-0.3, -0.25) is 10.8 Å². The monoisotopic (exact) mass is 123 g/mol. The van der Waals surface area contributed by atoms with Gasteiger partial charge in [-0.05, 0) is 13.1 Å². The Bertz CT molecular complexity index is 150. The Balaban J connectivity index is 2.30. The van der Waals surface area contributed by atoms with Gasteiger partial charge >= 0.3 is 7.55 Å². The van der Waals surface area contributed by atoms with Crippen LogP contribution < -0.4 is 10.8 Å². The molecule has 0 aliphatic rings. The predicted octanol–water partition coefficient (Wildman–Crippen LogP) is -1.01. The summed E-state index contributed by atoms with van der Waals surface area (Å²) < 4.78 is 1.66. The Morgan fingerprint density at radius 2 is 2.56 bits per heavy atom. The molecule has 0 aromatic carbocycles. The maximum absolute atomic E-state index is 3.91. The molecule has 5 heteroatoms. The molecule has 0 fully saturated rings. The summed E-state index contributed by atoms with van der Waals surface area (Å²) in [5.41, 5.74) is 2.74. The SMILES string of the molecule is CNN[B]n1cccn1. The average molecular weight is 123 g/mol. The van der Waals surface area contributed by atoms with Gasteiger partial charge in [0.25, 0.3) is 0 Å². The molecular weight excluding hydrogens is 115 g/mol. The lowest BCUT2D eigenvalue weighted by molar-refractivity contribution is 0.767. The molecule has 0 unspecified atom stereocenters. The molecule has 2 N–H and O–H groups in total. The molecule has 0 saturated carbocycles. The van der Waals surface area contributed by atoms with Crippen molar-refractivity contribution in [2.24, 2.45) is 0 Å². The van der Waals surface area contributed by atoms with Gasteiger partial charge < -0.3 is 4.59 Å². The molecule has 47 valence electrons. The van der Waals surface area contributed by atoms with Crippen LogP contribution in [0.3, 0.4) is 0 Å². The number of hydrogen-bond donors (Lipinski definition) is 2. The molecule has 9 heavy (non-hydrogen) atoms. The average Bonchev–Trinajstić information content (AvgIpc) is 2.34. The van der Waals surface area contributed by atoms with Gasteiger partial charge in [-0.2, -0.15) is 5.10 Å². The predicted molar refractivity (Wildman–Crippen MR) is 35.6 cm³/mol. The lowest BCUT2D eigenvalue weighted by Crippen LogP contribution is -2.36. The van der Waals surface area contributed by atoms with Crippen molar-refractivity contribution in [3.8, 4) is 0 Å². The van der Waals surface area contributed by atoms with Crippen molar-refractivity contribution in [3.05, 3.63) is 18.5 Å². The Morgan fingerprint density at radius 1 is 1.67 bits per heavy atom. The Hall–Kier alpha value is -0.805. The molecule has 0 bridgehead atoms. The highest BCUT2D eigenvalue weighted by molar-refractivity contribution is 6.29. The topological polar surface area (TPSA) is 41.9 Å². The summed E-state index contributed by atoms with van der Waals surface area (Å²) in [4.78, 5) is 0. The fourth-order valence-electron chi connectivity index (χ4n) is 0.488. The zero-order chi connectivity index (χ0) is 6.53. The lowest BCUT2D eigenvalue weighted by atomic mass is 10.2. The zero-order valence-corrected chi connectivity index (χ0v) is 5.20. The molecule has 0 amide bonds. The maximum atomic E-state index is 3.91. The first-order valence-electron chi connectivity index (χ1n) is 2.68. The molecule has 1 rings (SSSR count). The second-order valence-corrected chi connectivity index (χ2v) is 1.51. The molecule has 0 spiro atoms. The first-order chi connectivity index (χ1) is 4.43. The van der Waals surface area contributed by atoms with E-state index < -0.39 is 0 Å². The first-order valence-corrected chi connectivity index (χ1v) is 2.68. The lowest BCUT2D eigenvalue weighted by Gasteiger charge is -1.97. The third-order valence-corrected chi connectivity index (χ3v) is 0.866. The third kappa shape index (κ3) is 1.87. The van der Waals surface area contributed by atoms with Crippen molar-refractivity contribution in [1.29, 1.82) is 0 Å². The van der Waals surface area contributed by atoms with Crippen LogP contribution in [0.1, 0.15) is 0 Å². The van der Waals surface area contributed by atoms with Crippen LogP contribution in [0, 0.1) is 0 Å². The molecule has 1 aromatic rings. The van der Waals surface area contributed by atoms with Crippen LogP contribution in [-0.4, -0.2) is 24.3 Å².